The lowest BCUT2D eigenvalue weighted by Crippen LogP contribution is -2.19. The second kappa shape index (κ2) is 3.30. The molecule has 1 aromatic carbocycles. The molecule has 15 heavy (non-hydrogen) atoms. The van der Waals surface area contributed by atoms with Gasteiger partial charge in [0.05, 0.1) is 0 Å². The van der Waals surface area contributed by atoms with Crippen LogP contribution in [0.5, 0.6) is 11.5 Å². The average Bonchev–Trinajstić information content (AvgIpc) is 2.61. The number of hydrogen-bond donors (Lipinski definition) is 1. The predicted octanol–water partition coefficient (Wildman–Crippen LogP) is 2.01. The summed E-state index contributed by atoms with van der Waals surface area (Å²) in [6.45, 7) is -0.0130. The molecule has 82 valence electrons. The highest BCUT2D eigenvalue weighted by atomic mass is 19.4. The molecule has 0 fully saturated rings. The van der Waals surface area contributed by atoms with Gasteiger partial charge in [0.2, 0.25) is 6.79 Å². The van der Waals surface area contributed by atoms with Crippen molar-refractivity contribution in [2.24, 2.45) is 0 Å². The zero-order valence-corrected chi connectivity index (χ0v) is 7.41. The number of hydrogen-bond acceptors (Lipinski definition) is 3. The first-order chi connectivity index (χ1) is 6.98. The van der Waals surface area contributed by atoms with Gasteiger partial charge in [-0.25, -0.2) is 0 Å². The van der Waals surface area contributed by atoms with E-state index in [0.717, 1.165) is 12.1 Å². The zero-order valence-electron chi connectivity index (χ0n) is 7.41. The van der Waals surface area contributed by atoms with Crippen LogP contribution >= 0.6 is 0 Å². The minimum absolute atomic E-state index is 0.0130. The lowest BCUT2D eigenvalue weighted by molar-refractivity contribution is -0.206. The van der Waals surface area contributed by atoms with Crippen LogP contribution in [0.4, 0.5) is 13.2 Å². The number of benzene rings is 1. The van der Waals surface area contributed by atoms with Crippen molar-refractivity contribution < 1.29 is 27.8 Å². The minimum Gasteiger partial charge on any atom is -0.454 e. The van der Waals surface area contributed by atoms with Gasteiger partial charge in [-0.1, -0.05) is 6.07 Å². The molecule has 0 saturated heterocycles. The molecule has 1 aromatic rings. The first kappa shape index (κ1) is 10.1. The van der Waals surface area contributed by atoms with E-state index in [0.29, 0.717) is 5.75 Å². The summed E-state index contributed by atoms with van der Waals surface area (Å²) < 4.78 is 46.3. The van der Waals surface area contributed by atoms with Crippen LogP contribution in [-0.2, 0) is 0 Å². The zero-order chi connectivity index (χ0) is 11.1. The fraction of sp³-hybridized carbons (Fsp3) is 0.333. The Morgan fingerprint density at radius 1 is 1.20 bits per heavy atom. The Labute approximate surface area is 83.0 Å². The van der Waals surface area contributed by atoms with E-state index in [1.54, 1.807) is 0 Å². The Hall–Kier alpha value is -1.43. The van der Waals surface area contributed by atoms with Crippen LogP contribution in [-0.4, -0.2) is 18.1 Å². The van der Waals surface area contributed by atoms with Crippen LogP contribution < -0.4 is 9.47 Å². The molecule has 3 nitrogen and oxygen atoms in total. The van der Waals surface area contributed by atoms with Crippen molar-refractivity contribution in [2.45, 2.75) is 12.3 Å². The highest BCUT2D eigenvalue weighted by molar-refractivity contribution is 5.45. The third-order valence-corrected chi connectivity index (χ3v) is 2.02. The average molecular weight is 220 g/mol. The van der Waals surface area contributed by atoms with Crippen LogP contribution in [0.3, 0.4) is 0 Å². The van der Waals surface area contributed by atoms with Crippen LogP contribution in [0.25, 0.3) is 0 Å². The van der Waals surface area contributed by atoms with Gasteiger partial charge in [-0.05, 0) is 17.7 Å². The Bertz CT molecular complexity index is 375. The van der Waals surface area contributed by atoms with Crippen LogP contribution in [0, 0.1) is 0 Å². The van der Waals surface area contributed by atoms with Crippen molar-refractivity contribution in [3.05, 3.63) is 23.8 Å². The Balaban J connectivity index is 2.31. The molecule has 1 unspecified atom stereocenters. The van der Waals surface area contributed by atoms with Crippen molar-refractivity contribution in [1.82, 2.24) is 0 Å². The van der Waals surface area contributed by atoms with E-state index >= 15 is 0 Å². The summed E-state index contributed by atoms with van der Waals surface area (Å²) in [5.74, 6) is 0.601. The number of alkyl halides is 3. The molecule has 6 heteroatoms. The number of rotatable bonds is 1. The topological polar surface area (TPSA) is 38.7 Å². The molecule has 1 aliphatic rings. The van der Waals surface area contributed by atoms with E-state index in [2.05, 4.69) is 0 Å². The molecular formula is C9H7F3O3. The SMILES string of the molecule is OC(c1ccc2c(c1)OCO2)C(F)(F)F. The Morgan fingerprint density at radius 3 is 2.53 bits per heavy atom. The summed E-state index contributed by atoms with van der Waals surface area (Å²) in [6, 6.07) is 3.62. The molecule has 0 radical (unpaired) electrons. The molecule has 1 aliphatic heterocycles. The first-order valence-electron chi connectivity index (χ1n) is 4.13. The fourth-order valence-electron chi connectivity index (χ4n) is 1.27. The van der Waals surface area contributed by atoms with Gasteiger partial charge in [-0.15, -0.1) is 0 Å². The van der Waals surface area contributed by atoms with Crippen LogP contribution in [0.15, 0.2) is 18.2 Å². The van der Waals surface area contributed by atoms with E-state index in [-0.39, 0.29) is 18.1 Å². The highest BCUT2D eigenvalue weighted by Gasteiger charge is 2.39. The maximum absolute atomic E-state index is 12.2. The molecule has 1 heterocycles. The molecule has 0 aliphatic carbocycles. The molecule has 0 spiro atoms. The minimum atomic E-state index is -4.67. The van der Waals surface area contributed by atoms with Gasteiger partial charge in [0.15, 0.2) is 17.6 Å². The van der Waals surface area contributed by atoms with E-state index in [1.807, 2.05) is 0 Å². The molecule has 0 aromatic heterocycles. The second-order valence-corrected chi connectivity index (χ2v) is 3.06. The van der Waals surface area contributed by atoms with Crippen molar-refractivity contribution in [1.29, 1.82) is 0 Å². The maximum Gasteiger partial charge on any atom is 0.418 e. The summed E-state index contributed by atoms with van der Waals surface area (Å²) in [4.78, 5) is 0. The van der Waals surface area contributed by atoms with E-state index in [9.17, 15) is 13.2 Å². The normalized spacial score (nSPS) is 16.5. The highest BCUT2D eigenvalue weighted by Crippen LogP contribution is 2.38. The lowest BCUT2D eigenvalue weighted by Gasteiger charge is -2.14. The summed E-state index contributed by atoms with van der Waals surface area (Å²) >= 11 is 0. The number of ether oxygens (including phenoxy) is 2. The molecule has 0 saturated carbocycles. The molecule has 0 amide bonds. The number of aliphatic hydroxyl groups is 1. The molecule has 0 bridgehead atoms. The molecule has 1 N–H and O–H groups in total. The van der Waals surface area contributed by atoms with Crippen molar-refractivity contribution in [3.8, 4) is 11.5 Å². The van der Waals surface area contributed by atoms with Crippen LogP contribution in [0.2, 0.25) is 0 Å². The van der Waals surface area contributed by atoms with E-state index < -0.39 is 12.3 Å². The van der Waals surface area contributed by atoms with Crippen molar-refractivity contribution >= 4 is 0 Å². The number of fused-ring (bicyclic) bond motifs is 1. The first-order valence-corrected chi connectivity index (χ1v) is 4.13. The molecule has 2 rings (SSSR count). The summed E-state index contributed by atoms with van der Waals surface area (Å²) in [7, 11) is 0. The molecule has 1 atom stereocenters. The smallest absolute Gasteiger partial charge is 0.418 e. The predicted molar refractivity (Wildman–Crippen MR) is 43.6 cm³/mol. The van der Waals surface area contributed by atoms with E-state index in [1.165, 1.54) is 6.07 Å². The third-order valence-electron chi connectivity index (χ3n) is 2.02. The quantitative estimate of drug-likeness (QED) is 0.786. The number of aliphatic hydroxyl groups excluding tert-OH is 1. The van der Waals surface area contributed by atoms with Gasteiger partial charge < -0.3 is 14.6 Å². The van der Waals surface area contributed by atoms with Gasteiger partial charge in [0.25, 0.3) is 0 Å². The fourth-order valence-corrected chi connectivity index (χ4v) is 1.27. The van der Waals surface area contributed by atoms with Gasteiger partial charge in [0, 0.05) is 0 Å². The van der Waals surface area contributed by atoms with E-state index in [4.69, 9.17) is 14.6 Å². The van der Waals surface area contributed by atoms with Gasteiger partial charge in [-0.2, -0.15) is 13.2 Å². The lowest BCUT2D eigenvalue weighted by atomic mass is 10.1. The van der Waals surface area contributed by atoms with Gasteiger partial charge >= 0.3 is 6.18 Å². The van der Waals surface area contributed by atoms with Gasteiger partial charge in [-0.3, -0.25) is 0 Å². The Morgan fingerprint density at radius 2 is 1.87 bits per heavy atom. The largest absolute Gasteiger partial charge is 0.454 e. The summed E-state index contributed by atoms with van der Waals surface area (Å²) in [5.41, 5.74) is -0.258. The number of halogens is 3. The summed E-state index contributed by atoms with van der Waals surface area (Å²) in [5, 5.41) is 8.97. The maximum atomic E-state index is 12.2. The third kappa shape index (κ3) is 1.85. The van der Waals surface area contributed by atoms with Crippen molar-refractivity contribution in [2.75, 3.05) is 6.79 Å². The standard InChI is InChI=1S/C9H7F3O3/c10-9(11,12)8(13)5-1-2-6-7(3-5)15-4-14-6/h1-3,8,13H,4H2. The molecular weight excluding hydrogens is 213 g/mol. The van der Waals surface area contributed by atoms with Crippen molar-refractivity contribution in [3.63, 3.8) is 0 Å². The Kier molecular flexibility index (Phi) is 2.22. The summed E-state index contributed by atoms with van der Waals surface area (Å²) in [6.07, 6.45) is -7.17. The van der Waals surface area contributed by atoms with Crippen LogP contribution in [0.1, 0.15) is 11.7 Å². The second-order valence-electron chi connectivity index (χ2n) is 3.06. The monoisotopic (exact) mass is 220 g/mol. The van der Waals surface area contributed by atoms with Gasteiger partial charge in [0.1, 0.15) is 0 Å².